The van der Waals surface area contributed by atoms with E-state index in [9.17, 15) is 9.59 Å². The third-order valence-electron chi connectivity index (χ3n) is 4.20. The van der Waals surface area contributed by atoms with Gasteiger partial charge in [-0.1, -0.05) is 42.4 Å². The second-order valence-corrected chi connectivity index (χ2v) is 6.00. The fourth-order valence-corrected chi connectivity index (χ4v) is 2.83. The summed E-state index contributed by atoms with van der Waals surface area (Å²) in [5.74, 6) is -0.0986. The molecule has 1 atom stereocenters. The molecule has 3 rings (SSSR count). The molecule has 1 N–H and O–H groups in total. The number of hydrogen-bond donors (Lipinski definition) is 1. The lowest BCUT2D eigenvalue weighted by atomic mass is 9.95. The fraction of sp³-hybridized carbons (Fsp3) is 0.389. The van der Waals surface area contributed by atoms with Crippen LogP contribution in [0, 0.1) is 0 Å². The number of benzene rings is 1. The summed E-state index contributed by atoms with van der Waals surface area (Å²) in [5, 5.41) is 6.31. The smallest absolute Gasteiger partial charge is 0.245 e. The number of nitrogens with zero attached hydrogens (tertiary/aromatic N) is 2. The predicted octanol–water partition coefficient (Wildman–Crippen LogP) is 2.80. The van der Waals surface area contributed by atoms with Crippen LogP contribution in [0.15, 0.2) is 47.2 Å². The summed E-state index contributed by atoms with van der Waals surface area (Å²) in [6.45, 7) is 2.04. The SMILES string of the molecule is CCC(C(=O)N(CC(=O)Nc1ccon1)C1CC1)c1ccccc1. The third kappa shape index (κ3) is 3.82. The Balaban J connectivity index is 1.70. The van der Waals surface area contributed by atoms with E-state index in [1.54, 1.807) is 11.0 Å². The lowest BCUT2D eigenvalue weighted by molar-refractivity contribution is -0.136. The molecule has 1 aliphatic carbocycles. The van der Waals surface area contributed by atoms with Crippen molar-refractivity contribution in [2.24, 2.45) is 0 Å². The van der Waals surface area contributed by atoms with Crippen molar-refractivity contribution in [3.05, 3.63) is 48.2 Å². The van der Waals surface area contributed by atoms with Crippen molar-refractivity contribution < 1.29 is 14.1 Å². The van der Waals surface area contributed by atoms with Gasteiger partial charge >= 0.3 is 0 Å². The second-order valence-electron chi connectivity index (χ2n) is 6.00. The molecule has 24 heavy (non-hydrogen) atoms. The Hall–Kier alpha value is -2.63. The predicted molar refractivity (Wildman–Crippen MR) is 89.3 cm³/mol. The first-order valence-corrected chi connectivity index (χ1v) is 8.24. The molecule has 1 fully saturated rings. The molecule has 1 aliphatic rings. The van der Waals surface area contributed by atoms with E-state index < -0.39 is 0 Å². The molecule has 1 saturated carbocycles. The van der Waals surface area contributed by atoms with E-state index in [4.69, 9.17) is 4.52 Å². The molecule has 1 unspecified atom stereocenters. The Bertz CT molecular complexity index is 681. The van der Waals surface area contributed by atoms with Crippen molar-refractivity contribution >= 4 is 17.6 Å². The maximum Gasteiger partial charge on any atom is 0.245 e. The number of nitrogens with one attached hydrogen (secondary N) is 1. The van der Waals surface area contributed by atoms with Crippen molar-refractivity contribution in [1.29, 1.82) is 0 Å². The molecule has 1 aromatic carbocycles. The van der Waals surface area contributed by atoms with Crippen LogP contribution >= 0.6 is 0 Å². The molecule has 1 aromatic heterocycles. The van der Waals surface area contributed by atoms with E-state index >= 15 is 0 Å². The van der Waals surface area contributed by atoms with E-state index in [0.717, 1.165) is 18.4 Å². The van der Waals surface area contributed by atoms with Gasteiger partial charge in [-0.3, -0.25) is 9.59 Å². The molecular weight excluding hydrogens is 306 g/mol. The molecular formula is C18H21N3O3. The Kier molecular flexibility index (Phi) is 4.93. The summed E-state index contributed by atoms with van der Waals surface area (Å²) in [6, 6.07) is 11.5. The van der Waals surface area contributed by atoms with Crippen molar-refractivity contribution in [2.75, 3.05) is 11.9 Å². The van der Waals surface area contributed by atoms with Crippen molar-refractivity contribution in [3.8, 4) is 0 Å². The first kappa shape index (κ1) is 16.2. The number of anilines is 1. The zero-order valence-electron chi connectivity index (χ0n) is 13.6. The quantitative estimate of drug-likeness (QED) is 0.848. The molecule has 0 saturated heterocycles. The number of hydrogen-bond acceptors (Lipinski definition) is 4. The minimum absolute atomic E-state index is 0.0153. The first-order chi connectivity index (χ1) is 11.7. The Morgan fingerprint density at radius 2 is 2.04 bits per heavy atom. The number of amides is 2. The van der Waals surface area contributed by atoms with Crippen LogP contribution in [0.1, 0.15) is 37.7 Å². The Labute approximate surface area is 140 Å². The van der Waals surface area contributed by atoms with Gasteiger partial charge in [0.1, 0.15) is 12.8 Å². The van der Waals surface area contributed by atoms with Gasteiger partial charge < -0.3 is 14.7 Å². The highest BCUT2D eigenvalue weighted by Gasteiger charge is 2.36. The maximum absolute atomic E-state index is 13.0. The molecule has 6 nitrogen and oxygen atoms in total. The van der Waals surface area contributed by atoms with E-state index in [1.165, 1.54) is 6.26 Å². The number of aromatic nitrogens is 1. The van der Waals surface area contributed by atoms with Crippen molar-refractivity contribution in [2.45, 2.75) is 38.1 Å². The van der Waals surface area contributed by atoms with Gasteiger partial charge in [0, 0.05) is 12.1 Å². The van der Waals surface area contributed by atoms with Crippen LogP contribution in [-0.2, 0) is 9.59 Å². The van der Waals surface area contributed by atoms with Gasteiger partial charge in [-0.25, -0.2) is 0 Å². The minimum atomic E-state index is -0.257. The molecule has 6 heteroatoms. The summed E-state index contributed by atoms with van der Waals surface area (Å²) in [4.78, 5) is 26.9. The third-order valence-corrected chi connectivity index (χ3v) is 4.20. The first-order valence-electron chi connectivity index (χ1n) is 8.24. The van der Waals surface area contributed by atoms with E-state index in [-0.39, 0.29) is 30.3 Å². The minimum Gasteiger partial charge on any atom is -0.363 e. The summed E-state index contributed by atoms with van der Waals surface area (Å²) < 4.78 is 4.70. The fourth-order valence-electron chi connectivity index (χ4n) is 2.83. The van der Waals surface area contributed by atoms with Crippen molar-refractivity contribution in [3.63, 3.8) is 0 Å². The summed E-state index contributed by atoms with van der Waals surface area (Å²) >= 11 is 0. The normalized spacial score (nSPS) is 14.9. The molecule has 0 spiro atoms. The van der Waals surface area contributed by atoms with Gasteiger partial charge in [0.25, 0.3) is 0 Å². The van der Waals surface area contributed by atoms with E-state index in [2.05, 4.69) is 10.5 Å². The van der Waals surface area contributed by atoms with Crippen LogP contribution in [0.2, 0.25) is 0 Å². The Morgan fingerprint density at radius 3 is 2.62 bits per heavy atom. The van der Waals surface area contributed by atoms with Crippen LogP contribution in [0.5, 0.6) is 0 Å². The molecule has 2 amide bonds. The number of carbonyl (C=O) groups is 2. The van der Waals surface area contributed by atoms with Gasteiger partial charge in [0.05, 0.1) is 5.92 Å². The average molecular weight is 327 g/mol. The van der Waals surface area contributed by atoms with Gasteiger partial charge in [0.2, 0.25) is 11.8 Å². The monoisotopic (exact) mass is 327 g/mol. The van der Waals surface area contributed by atoms with Crippen LogP contribution < -0.4 is 5.32 Å². The van der Waals surface area contributed by atoms with Gasteiger partial charge in [-0.05, 0) is 24.8 Å². The van der Waals surface area contributed by atoms with Gasteiger partial charge in [-0.15, -0.1) is 0 Å². The summed E-state index contributed by atoms with van der Waals surface area (Å²) in [5.41, 5.74) is 0.993. The van der Waals surface area contributed by atoms with Crippen LogP contribution in [0.4, 0.5) is 5.82 Å². The maximum atomic E-state index is 13.0. The van der Waals surface area contributed by atoms with Gasteiger partial charge in [-0.2, -0.15) is 0 Å². The largest absolute Gasteiger partial charge is 0.363 e. The molecule has 2 aromatic rings. The van der Waals surface area contributed by atoms with Gasteiger partial charge in [0.15, 0.2) is 5.82 Å². The zero-order chi connectivity index (χ0) is 16.9. The highest BCUT2D eigenvalue weighted by molar-refractivity contribution is 5.95. The standard InChI is InChI=1S/C18H21N3O3/c1-2-15(13-6-4-3-5-7-13)18(23)21(14-8-9-14)12-17(22)19-16-10-11-24-20-16/h3-7,10-11,14-15H,2,8-9,12H2,1H3,(H,19,20,22). The molecule has 0 radical (unpaired) electrons. The highest BCUT2D eigenvalue weighted by atomic mass is 16.5. The number of carbonyl (C=O) groups excluding carboxylic acids is 2. The average Bonchev–Trinajstić information content (AvgIpc) is 3.31. The summed E-state index contributed by atoms with van der Waals surface area (Å²) in [7, 11) is 0. The molecule has 126 valence electrons. The number of rotatable bonds is 7. The second kappa shape index (κ2) is 7.29. The lowest BCUT2D eigenvalue weighted by Gasteiger charge is -2.26. The lowest BCUT2D eigenvalue weighted by Crippen LogP contribution is -2.42. The van der Waals surface area contributed by atoms with Crippen LogP contribution in [0.3, 0.4) is 0 Å². The zero-order valence-corrected chi connectivity index (χ0v) is 13.6. The Morgan fingerprint density at radius 1 is 1.29 bits per heavy atom. The van der Waals surface area contributed by atoms with Crippen molar-refractivity contribution in [1.82, 2.24) is 10.1 Å². The molecule has 1 heterocycles. The molecule has 0 bridgehead atoms. The van der Waals surface area contributed by atoms with E-state index in [0.29, 0.717) is 12.2 Å². The van der Waals surface area contributed by atoms with E-state index in [1.807, 2.05) is 37.3 Å². The van der Waals surface area contributed by atoms with Crippen LogP contribution in [0.25, 0.3) is 0 Å². The molecule has 0 aliphatic heterocycles. The highest BCUT2D eigenvalue weighted by Crippen LogP contribution is 2.31. The topological polar surface area (TPSA) is 75.4 Å². The summed E-state index contributed by atoms with van der Waals surface area (Å²) in [6.07, 6.45) is 4.00. The van der Waals surface area contributed by atoms with Crippen LogP contribution in [-0.4, -0.2) is 34.5 Å².